The third-order valence-corrected chi connectivity index (χ3v) is 0.963. The maximum Gasteiger partial charge on any atom is 0.306 e. The molecule has 0 aromatic carbocycles. The van der Waals surface area contributed by atoms with Crippen molar-refractivity contribution in [3.63, 3.8) is 0 Å². The van der Waals surface area contributed by atoms with Crippen LogP contribution >= 0.6 is 12.2 Å². The van der Waals surface area contributed by atoms with E-state index in [1.165, 1.54) is 12.3 Å². The lowest BCUT2D eigenvalue weighted by atomic mass is 10.4. The summed E-state index contributed by atoms with van der Waals surface area (Å²) in [5.74, 6) is -0.428. The minimum Gasteiger partial charge on any atom is -0.264 e. The van der Waals surface area contributed by atoms with Gasteiger partial charge >= 0.3 is 5.91 Å². The van der Waals surface area contributed by atoms with Crippen LogP contribution in [0.3, 0.4) is 0 Å². The number of hydrogen-bond donors (Lipinski definition) is 0. The lowest BCUT2D eigenvalue weighted by molar-refractivity contribution is -0.112. The van der Waals surface area contributed by atoms with E-state index in [0.29, 0.717) is 0 Å². The van der Waals surface area contributed by atoms with Crippen LogP contribution in [0.2, 0.25) is 0 Å². The fourth-order valence-corrected chi connectivity index (χ4v) is 0.409. The first-order valence-corrected chi connectivity index (χ1v) is 2.37. The van der Waals surface area contributed by atoms with Gasteiger partial charge in [0.15, 0.2) is 0 Å². The van der Waals surface area contributed by atoms with Gasteiger partial charge in [0.05, 0.1) is 6.20 Å². The zero-order chi connectivity index (χ0) is 5.98. The van der Waals surface area contributed by atoms with E-state index in [2.05, 4.69) is 22.4 Å². The van der Waals surface area contributed by atoms with Crippen molar-refractivity contribution in [2.45, 2.75) is 0 Å². The molecule has 8 heavy (non-hydrogen) atoms. The lowest BCUT2D eigenvalue weighted by Crippen LogP contribution is -2.05. The van der Waals surface area contributed by atoms with Crippen molar-refractivity contribution in [1.82, 2.24) is 0 Å². The molecule has 0 bridgehead atoms. The van der Waals surface area contributed by atoms with E-state index in [1.807, 2.05) is 0 Å². The lowest BCUT2D eigenvalue weighted by Gasteiger charge is -1.89. The Hall–Kier alpha value is -0.900. The molecule has 1 aliphatic heterocycles. The summed E-state index contributed by atoms with van der Waals surface area (Å²) in [5.41, 5.74) is 0. The number of rotatable bonds is 0. The number of nitrogens with zero attached hydrogens (tertiary/aromatic N) is 2. The van der Waals surface area contributed by atoms with Gasteiger partial charge in [-0.25, -0.2) is 0 Å². The number of amides is 1. The van der Waals surface area contributed by atoms with Crippen molar-refractivity contribution in [1.29, 1.82) is 0 Å². The van der Waals surface area contributed by atoms with Crippen LogP contribution in [0.25, 0.3) is 0 Å². The van der Waals surface area contributed by atoms with E-state index in [0.717, 1.165) is 0 Å². The fourth-order valence-electron chi connectivity index (χ4n) is 0.307. The quantitative estimate of drug-likeness (QED) is 0.452. The molecule has 0 atom stereocenters. The van der Waals surface area contributed by atoms with Crippen molar-refractivity contribution in [3.8, 4) is 0 Å². The Bertz CT molecular complexity index is 172. The Kier molecular flexibility index (Phi) is 1.26. The molecule has 1 rings (SSSR count). The third kappa shape index (κ3) is 0.840. The normalized spacial score (nSPS) is 17.5. The molecular weight excluding hydrogens is 124 g/mol. The standard InChI is InChI=1S/C4H2N2OS/c7-4-3(8)1-2-5-6-4/h1-2H. The van der Waals surface area contributed by atoms with E-state index >= 15 is 0 Å². The van der Waals surface area contributed by atoms with E-state index in [9.17, 15) is 4.79 Å². The van der Waals surface area contributed by atoms with Gasteiger partial charge < -0.3 is 0 Å². The van der Waals surface area contributed by atoms with Gasteiger partial charge in [-0.3, -0.25) is 4.79 Å². The zero-order valence-corrected chi connectivity index (χ0v) is 4.68. The maximum absolute atomic E-state index is 10.3. The molecule has 0 fully saturated rings. The first kappa shape index (κ1) is 5.24. The largest absolute Gasteiger partial charge is 0.306 e. The molecule has 0 saturated carbocycles. The molecular formula is C4H2N2OS. The molecule has 1 aliphatic rings. The number of hydrogen-bond acceptors (Lipinski definition) is 3. The van der Waals surface area contributed by atoms with Crippen molar-refractivity contribution < 1.29 is 4.79 Å². The monoisotopic (exact) mass is 126 g/mol. The summed E-state index contributed by atoms with van der Waals surface area (Å²) in [5, 5.41) is 6.48. The molecule has 0 spiro atoms. The molecule has 40 valence electrons. The summed E-state index contributed by atoms with van der Waals surface area (Å²) in [6, 6.07) is 0. The second-order valence-corrected chi connectivity index (χ2v) is 1.64. The highest BCUT2D eigenvalue weighted by atomic mass is 32.1. The smallest absolute Gasteiger partial charge is 0.264 e. The van der Waals surface area contributed by atoms with Crippen LogP contribution in [0, 0.1) is 0 Å². The topological polar surface area (TPSA) is 41.8 Å². The summed E-state index contributed by atoms with van der Waals surface area (Å²) < 4.78 is 0. The van der Waals surface area contributed by atoms with E-state index in [4.69, 9.17) is 0 Å². The summed E-state index contributed by atoms with van der Waals surface area (Å²) in [6.07, 6.45) is 2.84. The van der Waals surface area contributed by atoms with Crippen molar-refractivity contribution >= 4 is 23.0 Å². The average molecular weight is 126 g/mol. The third-order valence-electron chi connectivity index (χ3n) is 0.652. The number of azo groups is 1. The molecule has 0 unspecified atom stereocenters. The highest BCUT2D eigenvalue weighted by Gasteiger charge is 2.05. The van der Waals surface area contributed by atoms with Gasteiger partial charge in [0.1, 0.15) is 4.86 Å². The van der Waals surface area contributed by atoms with Gasteiger partial charge in [0, 0.05) is 0 Å². The van der Waals surface area contributed by atoms with E-state index < -0.39 is 5.91 Å². The molecule has 4 heteroatoms. The van der Waals surface area contributed by atoms with Crippen molar-refractivity contribution in [2.75, 3.05) is 0 Å². The van der Waals surface area contributed by atoms with Crippen LogP contribution in [0.5, 0.6) is 0 Å². The summed E-state index contributed by atoms with van der Waals surface area (Å²) >= 11 is 4.54. The van der Waals surface area contributed by atoms with Crippen LogP contribution < -0.4 is 0 Å². The van der Waals surface area contributed by atoms with Gasteiger partial charge in [-0.05, 0) is 6.08 Å². The van der Waals surface area contributed by atoms with Crippen LogP contribution in [-0.4, -0.2) is 10.8 Å². The van der Waals surface area contributed by atoms with Gasteiger partial charge in [0.2, 0.25) is 0 Å². The highest BCUT2D eigenvalue weighted by molar-refractivity contribution is 7.82. The zero-order valence-electron chi connectivity index (χ0n) is 3.87. The Morgan fingerprint density at radius 1 is 1.62 bits per heavy atom. The van der Waals surface area contributed by atoms with Crippen LogP contribution in [0.1, 0.15) is 0 Å². The fraction of sp³-hybridized carbons (Fsp3) is 0. The Balaban J connectivity index is 2.89. The molecule has 0 aromatic heterocycles. The number of thiocarbonyl (C=S) groups is 1. The van der Waals surface area contributed by atoms with Crippen LogP contribution in [-0.2, 0) is 4.79 Å². The Morgan fingerprint density at radius 2 is 2.38 bits per heavy atom. The SMILES string of the molecule is O=C1N=NC=CC1=S. The van der Waals surface area contributed by atoms with Gasteiger partial charge in [-0.2, -0.15) is 5.11 Å². The first-order chi connectivity index (χ1) is 3.80. The number of carbonyl (C=O) groups excluding carboxylic acids is 1. The molecule has 0 radical (unpaired) electrons. The molecule has 0 aliphatic carbocycles. The van der Waals surface area contributed by atoms with Crippen molar-refractivity contribution in [2.24, 2.45) is 10.2 Å². The summed E-state index contributed by atoms with van der Waals surface area (Å²) in [4.78, 5) is 10.6. The molecule has 0 aromatic rings. The van der Waals surface area contributed by atoms with Gasteiger partial charge in [0.25, 0.3) is 0 Å². The van der Waals surface area contributed by atoms with Crippen LogP contribution in [0.15, 0.2) is 22.5 Å². The van der Waals surface area contributed by atoms with E-state index in [-0.39, 0.29) is 4.86 Å². The summed E-state index contributed by atoms with van der Waals surface area (Å²) in [7, 11) is 0. The molecule has 3 nitrogen and oxygen atoms in total. The average Bonchev–Trinajstić information content (AvgIpc) is 1.77. The molecule has 0 N–H and O–H groups in total. The molecule has 1 heterocycles. The minimum atomic E-state index is -0.428. The molecule has 1 amide bonds. The predicted molar refractivity (Wildman–Crippen MR) is 31.6 cm³/mol. The Labute approximate surface area is 51.1 Å². The van der Waals surface area contributed by atoms with Crippen LogP contribution in [0.4, 0.5) is 0 Å². The minimum absolute atomic E-state index is 0.222. The maximum atomic E-state index is 10.3. The summed E-state index contributed by atoms with van der Waals surface area (Å²) in [6.45, 7) is 0. The highest BCUT2D eigenvalue weighted by Crippen LogP contribution is 1.94. The predicted octanol–water partition coefficient (Wildman–Crippen LogP) is 0.862. The van der Waals surface area contributed by atoms with Gasteiger partial charge in [-0.15, -0.1) is 5.11 Å². The number of carbonyl (C=O) groups is 1. The van der Waals surface area contributed by atoms with Gasteiger partial charge in [-0.1, -0.05) is 12.2 Å². The molecule has 0 saturated heterocycles. The van der Waals surface area contributed by atoms with E-state index in [1.54, 1.807) is 0 Å². The first-order valence-electron chi connectivity index (χ1n) is 1.96. The second-order valence-electron chi connectivity index (χ2n) is 1.20. The second kappa shape index (κ2) is 1.92. The Morgan fingerprint density at radius 3 is 2.75 bits per heavy atom. The van der Waals surface area contributed by atoms with Crippen molar-refractivity contribution in [3.05, 3.63) is 12.3 Å².